The predicted octanol–water partition coefficient (Wildman–Crippen LogP) is 5.03. The average Bonchev–Trinajstić information content (AvgIpc) is 3.41. The van der Waals surface area contributed by atoms with Crippen LogP contribution in [0.15, 0.2) is 30.5 Å². The maximum Gasteiger partial charge on any atom is 0.253 e. The number of aromatic nitrogens is 1. The monoisotopic (exact) mass is 373 g/mol. The lowest BCUT2D eigenvalue weighted by Crippen LogP contribution is -2.32. The van der Waals surface area contributed by atoms with Crippen LogP contribution in [0.3, 0.4) is 0 Å². The van der Waals surface area contributed by atoms with Gasteiger partial charge in [-0.1, -0.05) is 18.0 Å². The number of hydrogen-bond donors (Lipinski definition) is 2. The molecule has 2 aromatic rings. The van der Waals surface area contributed by atoms with Gasteiger partial charge in [0.25, 0.3) is 5.91 Å². The van der Waals surface area contributed by atoms with Crippen LogP contribution >= 0.6 is 11.6 Å². The van der Waals surface area contributed by atoms with E-state index >= 15 is 0 Å². The van der Waals surface area contributed by atoms with E-state index in [1.54, 1.807) is 18.3 Å². The summed E-state index contributed by atoms with van der Waals surface area (Å²) in [6, 6.07) is 6.32. The molecule has 2 N–H and O–H groups in total. The summed E-state index contributed by atoms with van der Waals surface area (Å²) in [6.07, 6.45) is 7.40. The number of benzene rings is 1. The number of amides is 1. The van der Waals surface area contributed by atoms with Crippen molar-refractivity contribution < 1.29 is 9.18 Å². The Labute approximate surface area is 157 Å². The van der Waals surface area contributed by atoms with Gasteiger partial charge in [-0.2, -0.15) is 0 Å². The van der Waals surface area contributed by atoms with E-state index in [9.17, 15) is 9.18 Å². The lowest BCUT2D eigenvalue weighted by atomic mass is 9.85. The van der Waals surface area contributed by atoms with Gasteiger partial charge in [0.1, 0.15) is 11.6 Å². The fourth-order valence-electron chi connectivity index (χ4n) is 3.22. The summed E-state index contributed by atoms with van der Waals surface area (Å²) in [5, 5.41) is 6.36. The van der Waals surface area contributed by atoms with E-state index in [1.165, 1.54) is 25.3 Å². The van der Waals surface area contributed by atoms with Crippen molar-refractivity contribution in [3.63, 3.8) is 0 Å². The number of nitrogens with zero attached hydrogens (tertiary/aromatic N) is 1. The molecule has 1 amide bonds. The van der Waals surface area contributed by atoms with Gasteiger partial charge in [-0.05, 0) is 67.3 Å². The first kappa shape index (κ1) is 17.3. The molecule has 6 heteroatoms. The molecule has 2 fully saturated rings. The first-order valence-electron chi connectivity index (χ1n) is 9.10. The average molecular weight is 374 g/mol. The number of carbonyl (C=O) groups excluding carboxylic acids is 1. The highest BCUT2D eigenvalue weighted by molar-refractivity contribution is 6.30. The van der Waals surface area contributed by atoms with Gasteiger partial charge in [-0.15, -0.1) is 0 Å². The Bertz CT molecular complexity index is 834. The minimum atomic E-state index is -0.436. The number of pyridine rings is 1. The third-order valence-electron chi connectivity index (χ3n) is 5.17. The van der Waals surface area contributed by atoms with Crippen LogP contribution in [0, 0.1) is 11.7 Å². The highest BCUT2D eigenvalue weighted by Gasteiger charge is 2.29. The molecule has 1 aromatic carbocycles. The maximum atomic E-state index is 14.0. The van der Waals surface area contributed by atoms with Gasteiger partial charge < -0.3 is 10.6 Å². The fourth-order valence-corrected chi connectivity index (χ4v) is 3.38. The molecule has 1 heterocycles. The smallest absolute Gasteiger partial charge is 0.253 e. The number of rotatable bonds is 6. The standard InChI is InChI=1S/C20H21ClFN3O/c21-14-6-7-18(17(22)8-14)25-19-9-15(13-4-5-13)16(11-23-19)20(26)24-10-12-2-1-3-12/h6-9,11-13H,1-5,10H2,(H,23,25)(H,24,26). The van der Waals surface area contributed by atoms with Gasteiger partial charge in [-0.3, -0.25) is 4.79 Å². The molecule has 136 valence electrons. The molecule has 0 bridgehead atoms. The van der Waals surface area contributed by atoms with Crippen molar-refractivity contribution in [3.05, 3.63) is 52.4 Å². The molecule has 0 radical (unpaired) electrons. The zero-order valence-corrected chi connectivity index (χ0v) is 15.2. The van der Waals surface area contributed by atoms with Gasteiger partial charge in [0.15, 0.2) is 0 Å². The third kappa shape index (κ3) is 3.83. The van der Waals surface area contributed by atoms with Crippen LogP contribution in [0.25, 0.3) is 0 Å². The van der Waals surface area contributed by atoms with Crippen molar-refractivity contribution in [3.8, 4) is 0 Å². The molecule has 26 heavy (non-hydrogen) atoms. The highest BCUT2D eigenvalue weighted by Crippen LogP contribution is 2.42. The van der Waals surface area contributed by atoms with Crippen LogP contribution in [0.4, 0.5) is 15.9 Å². The first-order valence-corrected chi connectivity index (χ1v) is 9.48. The molecular weight excluding hydrogens is 353 g/mol. The minimum absolute atomic E-state index is 0.0597. The number of nitrogens with one attached hydrogen (secondary N) is 2. The van der Waals surface area contributed by atoms with Crippen LogP contribution < -0.4 is 10.6 Å². The number of carbonyl (C=O) groups is 1. The maximum absolute atomic E-state index is 14.0. The van der Waals surface area contributed by atoms with Crippen molar-refractivity contribution in [2.24, 2.45) is 5.92 Å². The molecule has 4 rings (SSSR count). The van der Waals surface area contributed by atoms with Gasteiger partial charge in [-0.25, -0.2) is 9.37 Å². The number of halogens is 2. The van der Waals surface area contributed by atoms with Crippen LogP contribution in [0.2, 0.25) is 5.02 Å². The topological polar surface area (TPSA) is 54.0 Å². The molecule has 2 aliphatic rings. The molecule has 0 unspecified atom stereocenters. The van der Waals surface area contributed by atoms with Crippen molar-refractivity contribution in [1.82, 2.24) is 10.3 Å². The Hall–Kier alpha value is -2.14. The molecule has 2 saturated carbocycles. The van der Waals surface area contributed by atoms with Gasteiger partial charge in [0.2, 0.25) is 0 Å². The molecule has 0 saturated heterocycles. The quantitative estimate of drug-likeness (QED) is 0.747. The Balaban J connectivity index is 1.52. The Morgan fingerprint density at radius 2 is 2.04 bits per heavy atom. The molecule has 0 spiro atoms. The third-order valence-corrected chi connectivity index (χ3v) is 5.40. The van der Waals surface area contributed by atoms with E-state index in [4.69, 9.17) is 11.6 Å². The summed E-state index contributed by atoms with van der Waals surface area (Å²) < 4.78 is 14.0. The Morgan fingerprint density at radius 3 is 2.69 bits per heavy atom. The number of anilines is 2. The second-order valence-corrected chi connectivity index (χ2v) is 7.62. The normalized spacial score (nSPS) is 16.8. The van der Waals surface area contributed by atoms with Crippen molar-refractivity contribution in [2.45, 2.75) is 38.0 Å². The second kappa shape index (κ2) is 7.23. The van der Waals surface area contributed by atoms with E-state index in [1.807, 2.05) is 6.07 Å². The number of hydrogen-bond acceptors (Lipinski definition) is 3. The Morgan fingerprint density at radius 1 is 1.23 bits per heavy atom. The van der Waals surface area contributed by atoms with E-state index in [0.717, 1.165) is 24.9 Å². The summed E-state index contributed by atoms with van der Waals surface area (Å²) in [5.74, 6) is 1.04. The van der Waals surface area contributed by atoms with Crippen molar-refractivity contribution in [1.29, 1.82) is 0 Å². The van der Waals surface area contributed by atoms with Gasteiger partial charge in [0, 0.05) is 17.8 Å². The molecule has 0 atom stereocenters. The van der Waals surface area contributed by atoms with Crippen LogP contribution in [0.5, 0.6) is 0 Å². The van der Waals surface area contributed by atoms with Crippen LogP contribution in [0.1, 0.15) is 53.9 Å². The molecular formula is C20H21ClFN3O. The summed E-state index contributed by atoms with van der Waals surface area (Å²) in [4.78, 5) is 16.9. The van der Waals surface area contributed by atoms with E-state index < -0.39 is 5.82 Å². The zero-order chi connectivity index (χ0) is 18.1. The summed E-state index contributed by atoms with van der Waals surface area (Å²) in [5.41, 5.74) is 1.93. The molecule has 1 aromatic heterocycles. The summed E-state index contributed by atoms with van der Waals surface area (Å²) >= 11 is 5.79. The molecule has 4 nitrogen and oxygen atoms in total. The van der Waals surface area contributed by atoms with E-state index in [0.29, 0.717) is 33.9 Å². The molecule has 0 aliphatic heterocycles. The highest BCUT2D eigenvalue weighted by atomic mass is 35.5. The molecule has 2 aliphatic carbocycles. The predicted molar refractivity (Wildman–Crippen MR) is 101 cm³/mol. The van der Waals surface area contributed by atoms with Gasteiger partial charge in [0.05, 0.1) is 11.3 Å². The fraction of sp³-hybridized carbons (Fsp3) is 0.400. The lowest BCUT2D eigenvalue weighted by molar-refractivity contribution is 0.0937. The summed E-state index contributed by atoms with van der Waals surface area (Å²) in [7, 11) is 0. The minimum Gasteiger partial charge on any atom is -0.352 e. The van der Waals surface area contributed by atoms with Crippen LogP contribution in [-0.4, -0.2) is 17.4 Å². The first-order chi connectivity index (χ1) is 12.6. The van der Waals surface area contributed by atoms with Crippen molar-refractivity contribution in [2.75, 3.05) is 11.9 Å². The van der Waals surface area contributed by atoms with Gasteiger partial charge >= 0.3 is 0 Å². The lowest BCUT2D eigenvalue weighted by Gasteiger charge is -2.25. The zero-order valence-electron chi connectivity index (χ0n) is 14.4. The van der Waals surface area contributed by atoms with Crippen molar-refractivity contribution >= 4 is 29.0 Å². The SMILES string of the molecule is O=C(NCC1CCC1)c1cnc(Nc2ccc(Cl)cc2F)cc1C1CC1. The van der Waals surface area contributed by atoms with E-state index in [-0.39, 0.29) is 5.91 Å². The summed E-state index contributed by atoms with van der Waals surface area (Å²) in [6.45, 7) is 0.735. The second-order valence-electron chi connectivity index (χ2n) is 7.19. The Kier molecular flexibility index (Phi) is 4.81. The van der Waals surface area contributed by atoms with E-state index in [2.05, 4.69) is 15.6 Å². The largest absolute Gasteiger partial charge is 0.352 e. The van der Waals surface area contributed by atoms with Crippen LogP contribution in [-0.2, 0) is 0 Å².